The van der Waals surface area contributed by atoms with Gasteiger partial charge in [-0.2, -0.15) is 0 Å². The Morgan fingerprint density at radius 1 is 1.08 bits per heavy atom. The van der Waals surface area contributed by atoms with Gasteiger partial charge < -0.3 is 10.1 Å². The van der Waals surface area contributed by atoms with Crippen LogP contribution in [0.5, 0.6) is 5.75 Å². The number of rotatable bonds is 6. The molecule has 0 unspecified atom stereocenters. The van der Waals surface area contributed by atoms with Crippen LogP contribution >= 0.6 is 0 Å². The molecule has 2 heterocycles. The lowest BCUT2D eigenvalue weighted by Gasteiger charge is -2.07. The summed E-state index contributed by atoms with van der Waals surface area (Å²) in [5, 5.41) is 5.34. The molecule has 2 aromatic heterocycles. The van der Waals surface area contributed by atoms with E-state index in [1.54, 1.807) is 18.3 Å². The first-order valence-electron chi connectivity index (χ1n) is 8.61. The molecule has 0 aliphatic heterocycles. The van der Waals surface area contributed by atoms with E-state index < -0.39 is 0 Å². The van der Waals surface area contributed by atoms with Crippen LogP contribution in [0.4, 0.5) is 10.6 Å². The van der Waals surface area contributed by atoms with Crippen LogP contribution in [-0.4, -0.2) is 34.1 Å². The highest BCUT2D eigenvalue weighted by Gasteiger charge is 2.07. The first-order valence-corrected chi connectivity index (χ1v) is 8.61. The third-order valence-electron chi connectivity index (χ3n) is 3.61. The molecule has 2 N–H and O–H groups in total. The van der Waals surface area contributed by atoms with Gasteiger partial charge in [-0.1, -0.05) is 6.92 Å². The molecule has 7 nitrogen and oxygen atoms in total. The van der Waals surface area contributed by atoms with Crippen molar-refractivity contribution in [3.8, 4) is 17.0 Å². The zero-order chi connectivity index (χ0) is 18.4. The molecule has 0 bridgehead atoms. The Labute approximate surface area is 151 Å². The van der Waals surface area contributed by atoms with Gasteiger partial charge in [-0.25, -0.2) is 14.8 Å². The van der Waals surface area contributed by atoms with E-state index >= 15 is 0 Å². The molecule has 3 aromatic rings. The van der Waals surface area contributed by atoms with Crippen molar-refractivity contribution >= 4 is 23.0 Å². The van der Waals surface area contributed by atoms with Crippen molar-refractivity contribution in [3.05, 3.63) is 42.6 Å². The van der Waals surface area contributed by atoms with Crippen LogP contribution in [0.15, 0.2) is 42.6 Å². The van der Waals surface area contributed by atoms with Gasteiger partial charge in [0.15, 0.2) is 5.65 Å². The van der Waals surface area contributed by atoms with Crippen LogP contribution in [0.2, 0.25) is 0 Å². The average molecular weight is 351 g/mol. The number of amides is 2. The van der Waals surface area contributed by atoms with Gasteiger partial charge in [0, 0.05) is 12.1 Å². The van der Waals surface area contributed by atoms with E-state index in [1.807, 2.05) is 31.2 Å². The van der Waals surface area contributed by atoms with Crippen molar-refractivity contribution in [2.24, 2.45) is 0 Å². The smallest absolute Gasteiger partial charge is 0.320 e. The number of pyridine rings is 1. The number of urea groups is 1. The van der Waals surface area contributed by atoms with Gasteiger partial charge in [-0.05, 0) is 49.7 Å². The number of hydrogen-bond donors (Lipinski definition) is 2. The summed E-state index contributed by atoms with van der Waals surface area (Å²) in [6.45, 7) is 5.16. The largest absolute Gasteiger partial charge is 0.494 e. The molecule has 0 aliphatic rings. The summed E-state index contributed by atoms with van der Waals surface area (Å²) in [5.74, 6) is 1.26. The average Bonchev–Trinajstić information content (AvgIpc) is 2.66. The maximum absolute atomic E-state index is 11.6. The van der Waals surface area contributed by atoms with Crippen LogP contribution in [0.25, 0.3) is 22.4 Å². The first-order chi connectivity index (χ1) is 12.7. The topological polar surface area (TPSA) is 89.0 Å². The Balaban J connectivity index is 1.84. The second-order valence-electron chi connectivity index (χ2n) is 5.65. The maximum Gasteiger partial charge on any atom is 0.320 e. The number of aromatic nitrogens is 3. The summed E-state index contributed by atoms with van der Waals surface area (Å²) in [7, 11) is 0. The Morgan fingerprint density at radius 3 is 2.62 bits per heavy atom. The predicted octanol–water partition coefficient (Wildman–Crippen LogP) is 3.62. The molecule has 7 heteroatoms. The first kappa shape index (κ1) is 17.6. The van der Waals surface area contributed by atoms with Crippen molar-refractivity contribution in [1.82, 2.24) is 20.3 Å². The SMILES string of the molecule is CCCOc1ccc(-c2cnc3ccc(NC(=O)NCC)nc3n2)cc1. The van der Waals surface area contributed by atoms with Crippen LogP contribution in [0.3, 0.4) is 0 Å². The lowest BCUT2D eigenvalue weighted by atomic mass is 10.1. The molecule has 0 aliphatic carbocycles. The number of benzene rings is 1. The van der Waals surface area contributed by atoms with E-state index in [2.05, 4.69) is 32.5 Å². The zero-order valence-corrected chi connectivity index (χ0v) is 14.8. The standard InChI is InChI=1S/C19H21N5O2/c1-3-11-26-14-7-5-13(6-8-14)16-12-21-15-9-10-17(23-18(15)22-16)24-19(25)20-4-2/h5-10,12H,3-4,11H2,1-2H3,(H2,20,22,23,24,25). The lowest BCUT2D eigenvalue weighted by Crippen LogP contribution is -2.28. The highest BCUT2D eigenvalue weighted by atomic mass is 16.5. The molecular weight excluding hydrogens is 330 g/mol. The number of fused-ring (bicyclic) bond motifs is 1. The number of carbonyl (C=O) groups excluding carboxylic acids is 1. The van der Waals surface area contributed by atoms with Gasteiger partial charge in [0.2, 0.25) is 0 Å². The molecule has 0 radical (unpaired) electrons. The Hall–Kier alpha value is -3.22. The monoisotopic (exact) mass is 351 g/mol. The zero-order valence-electron chi connectivity index (χ0n) is 14.8. The molecule has 26 heavy (non-hydrogen) atoms. The molecule has 2 amide bonds. The second-order valence-corrected chi connectivity index (χ2v) is 5.65. The van der Waals surface area contributed by atoms with Crippen molar-refractivity contribution in [2.45, 2.75) is 20.3 Å². The third kappa shape index (κ3) is 4.24. The molecule has 0 saturated heterocycles. The number of carbonyl (C=O) groups is 1. The van der Waals surface area contributed by atoms with E-state index in [1.165, 1.54) is 0 Å². The minimum atomic E-state index is -0.300. The normalized spacial score (nSPS) is 10.5. The number of nitrogens with zero attached hydrogens (tertiary/aromatic N) is 3. The van der Waals surface area contributed by atoms with Crippen LogP contribution in [0, 0.1) is 0 Å². The molecule has 1 aromatic carbocycles. The van der Waals surface area contributed by atoms with Crippen LogP contribution in [0.1, 0.15) is 20.3 Å². The highest BCUT2D eigenvalue weighted by Crippen LogP contribution is 2.22. The van der Waals surface area contributed by atoms with E-state index in [-0.39, 0.29) is 6.03 Å². The number of ether oxygens (including phenoxy) is 1. The third-order valence-corrected chi connectivity index (χ3v) is 3.61. The number of anilines is 1. The number of hydrogen-bond acceptors (Lipinski definition) is 5. The fraction of sp³-hybridized carbons (Fsp3) is 0.263. The van der Waals surface area contributed by atoms with Gasteiger partial charge in [0.25, 0.3) is 0 Å². The van der Waals surface area contributed by atoms with Gasteiger partial charge in [-0.15, -0.1) is 0 Å². The summed E-state index contributed by atoms with van der Waals surface area (Å²) >= 11 is 0. The van der Waals surface area contributed by atoms with Crippen molar-refractivity contribution in [3.63, 3.8) is 0 Å². The summed E-state index contributed by atoms with van der Waals surface area (Å²) in [4.78, 5) is 25.0. The van der Waals surface area contributed by atoms with Crippen molar-refractivity contribution in [2.75, 3.05) is 18.5 Å². The van der Waals surface area contributed by atoms with E-state index in [9.17, 15) is 4.79 Å². The summed E-state index contributed by atoms with van der Waals surface area (Å²) in [6, 6.07) is 10.9. The molecular formula is C19H21N5O2. The Kier molecular flexibility index (Phi) is 5.58. The maximum atomic E-state index is 11.6. The van der Waals surface area contributed by atoms with Gasteiger partial charge in [0.05, 0.1) is 18.5 Å². The van der Waals surface area contributed by atoms with E-state index in [4.69, 9.17) is 4.74 Å². The quantitative estimate of drug-likeness (QED) is 0.708. The molecule has 0 atom stereocenters. The summed E-state index contributed by atoms with van der Waals surface area (Å²) < 4.78 is 5.59. The van der Waals surface area contributed by atoms with Crippen molar-refractivity contribution in [1.29, 1.82) is 0 Å². The lowest BCUT2D eigenvalue weighted by molar-refractivity contribution is 0.252. The fourth-order valence-corrected chi connectivity index (χ4v) is 2.37. The molecule has 0 saturated carbocycles. The minimum absolute atomic E-state index is 0.300. The van der Waals surface area contributed by atoms with E-state index in [0.717, 1.165) is 17.7 Å². The molecule has 134 valence electrons. The van der Waals surface area contributed by atoms with Gasteiger partial charge >= 0.3 is 6.03 Å². The van der Waals surface area contributed by atoms with Gasteiger partial charge in [-0.3, -0.25) is 10.3 Å². The summed E-state index contributed by atoms with van der Waals surface area (Å²) in [6.07, 6.45) is 2.68. The Bertz CT molecular complexity index is 896. The highest BCUT2D eigenvalue weighted by molar-refractivity contribution is 5.89. The molecule has 0 spiro atoms. The van der Waals surface area contributed by atoms with Gasteiger partial charge in [0.1, 0.15) is 17.1 Å². The van der Waals surface area contributed by atoms with E-state index in [0.29, 0.717) is 35.8 Å². The minimum Gasteiger partial charge on any atom is -0.494 e. The molecule has 0 fully saturated rings. The second kappa shape index (κ2) is 8.24. The molecule has 3 rings (SSSR count). The number of nitrogens with one attached hydrogen (secondary N) is 2. The Morgan fingerprint density at radius 2 is 1.88 bits per heavy atom. The summed E-state index contributed by atoms with van der Waals surface area (Å²) in [5.41, 5.74) is 2.77. The van der Waals surface area contributed by atoms with Crippen LogP contribution < -0.4 is 15.4 Å². The predicted molar refractivity (Wildman–Crippen MR) is 101 cm³/mol. The fourth-order valence-electron chi connectivity index (χ4n) is 2.37. The van der Waals surface area contributed by atoms with Crippen LogP contribution in [-0.2, 0) is 0 Å². The van der Waals surface area contributed by atoms with Crippen molar-refractivity contribution < 1.29 is 9.53 Å².